The summed E-state index contributed by atoms with van der Waals surface area (Å²) in [5, 5.41) is 5.28. The van der Waals surface area contributed by atoms with Gasteiger partial charge in [-0.1, -0.05) is 41.3 Å². The number of aryl methyl sites for hydroxylation is 1. The highest BCUT2D eigenvalue weighted by Gasteiger charge is 2.22. The van der Waals surface area contributed by atoms with E-state index in [1.165, 1.54) is 11.1 Å². The highest BCUT2D eigenvalue weighted by molar-refractivity contribution is 9.10. The van der Waals surface area contributed by atoms with Crippen LogP contribution < -0.4 is 5.56 Å². The van der Waals surface area contributed by atoms with Crippen molar-refractivity contribution in [2.75, 3.05) is 0 Å². The van der Waals surface area contributed by atoms with E-state index in [4.69, 9.17) is 10.1 Å². The minimum Gasteiger partial charge on any atom is -0.303 e. The van der Waals surface area contributed by atoms with Crippen LogP contribution in [0.3, 0.4) is 0 Å². The van der Waals surface area contributed by atoms with E-state index >= 15 is 0 Å². The van der Waals surface area contributed by atoms with Crippen LogP contribution in [0.25, 0.3) is 16.7 Å². The Balaban J connectivity index is 1.63. The second-order valence-electron chi connectivity index (χ2n) is 8.68. The van der Waals surface area contributed by atoms with Crippen LogP contribution in [0, 0.1) is 13.8 Å². The number of rotatable bonds is 4. The van der Waals surface area contributed by atoms with E-state index in [9.17, 15) is 4.79 Å². The first-order valence-corrected chi connectivity index (χ1v) is 12.2. The minimum atomic E-state index is -0.128. The number of pyridine rings is 1. The third-order valence-electron chi connectivity index (χ3n) is 6.46. The van der Waals surface area contributed by atoms with Crippen LogP contribution in [0.15, 0.2) is 63.0 Å². The van der Waals surface area contributed by atoms with Crippen LogP contribution in [0.1, 0.15) is 60.8 Å². The fourth-order valence-electron chi connectivity index (χ4n) is 4.78. The van der Waals surface area contributed by atoms with Gasteiger partial charge in [-0.05, 0) is 63.1 Å². The maximum atomic E-state index is 13.5. The van der Waals surface area contributed by atoms with Crippen molar-refractivity contribution in [3.63, 3.8) is 0 Å². The molecule has 1 aliphatic carbocycles. The smallest absolute Gasteiger partial charge is 0.282 e. The largest absolute Gasteiger partial charge is 0.303 e. The molecule has 168 valence electrons. The maximum absolute atomic E-state index is 13.5. The summed E-state index contributed by atoms with van der Waals surface area (Å²) < 4.78 is 4.48. The van der Waals surface area contributed by atoms with Gasteiger partial charge in [0, 0.05) is 33.5 Å². The summed E-state index contributed by atoms with van der Waals surface area (Å²) in [4.78, 5) is 22.9. The second kappa shape index (κ2) is 9.06. The van der Waals surface area contributed by atoms with E-state index in [-0.39, 0.29) is 11.5 Å². The van der Waals surface area contributed by atoms with Crippen molar-refractivity contribution in [1.82, 2.24) is 19.2 Å². The molecule has 1 fully saturated rings. The summed E-state index contributed by atoms with van der Waals surface area (Å²) in [5.74, 6) is 1.88. The molecule has 3 heterocycles. The van der Waals surface area contributed by atoms with E-state index < -0.39 is 0 Å². The molecule has 0 atom stereocenters. The molecule has 0 saturated heterocycles. The summed E-state index contributed by atoms with van der Waals surface area (Å²) in [6.07, 6.45) is 9.21. The first-order valence-electron chi connectivity index (χ1n) is 11.4. The van der Waals surface area contributed by atoms with Gasteiger partial charge in [0.1, 0.15) is 11.6 Å². The Bertz CT molecular complexity index is 1400. The summed E-state index contributed by atoms with van der Waals surface area (Å²) in [7, 11) is 0. The molecular formula is C26H26BrN5O. The van der Waals surface area contributed by atoms with E-state index in [0.717, 1.165) is 64.3 Å². The number of hydrogen-bond acceptors (Lipinski definition) is 4. The molecule has 7 heteroatoms. The van der Waals surface area contributed by atoms with Gasteiger partial charge in [0.25, 0.3) is 5.56 Å². The standard InChI is InChI=1S/C26H26BrN5O/c1-17-14-20(18(2)31(17)24-10-6-7-13-28-24)16-29-32-25(19-8-4-3-5-9-19)30-23-12-11-21(27)15-22(23)26(32)33/h6-7,10-16,19H,3-5,8-9H2,1-2H3. The number of benzene rings is 1. The normalized spacial score (nSPS) is 15.0. The number of halogens is 1. The Labute approximate surface area is 201 Å². The Morgan fingerprint density at radius 3 is 2.67 bits per heavy atom. The summed E-state index contributed by atoms with van der Waals surface area (Å²) in [5.41, 5.74) is 3.64. The van der Waals surface area contributed by atoms with Gasteiger partial charge < -0.3 is 4.57 Å². The molecule has 0 spiro atoms. The lowest BCUT2D eigenvalue weighted by Crippen LogP contribution is -2.25. The average Bonchev–Trinajstić information content (AvgIpc) is 3.12. The third kappa shape index (κ3) is 4.17. The van der Waals surface area contributed by atoms with E-state index in [0.29, 0.717) is 5.39 Å². The Kier molecular flexibility index (Phi) is 5.98. The number of aromatic nitrogens is 4. The molecule has 4 aromatic rings. The van der Waals surface area contributed by atoms with Crippen LogP contribution in [-0.2, 0) is 0 Å². The molecule has 0 N–H and O–H groups in total. The van der Waals surface area contributed by atoms with Crippen molar-refractivity contribution in [3.05, 3.63) is 86.3 Å². The van der Waals surface area contributed by atoms with Gasteiger partial charge in [0.05, 0.1) is 17.1 Å². The molecule has 0 amide bonds. The fraction of sp³-hybridized carbons (Fsp3) is 0.308. The molecule has 1 aliphatic rings. The Hall–Kier alpha value is -3.06. The number of hydrogen-bond donors (Lipinski definition) is 0. The van der Waals surface area contributed by atoms with Crippen LogP contribution in [0.5, 0.6) is 0 Å². The zero-order valence-corrected chi connectivity index (χ0v) is 20.4. The SMILES string of the molecule is Cc1cc(C=Nn2c(C3CCCCC3)nc3ccc(Br)cc3c2=O)c(C)n1-c1ccccn1. The topological polar surface area (TPSA) is 65.1 Å². The Morgan fingerprint density at radius 1 is 1.09 bits per heavy atom. The van der Waals surface area contributed by atoms with Gasteiger partial charge in [-0.25, -0.2) is 9.97 Å². The molecule has 1 aromatic carbocycles. The molecule has 6 nitrogen and oxygen atoms in total. The molecule has 33 heavy (non-hydrogen) atoms. The first-order chi connectivity index (χ1) is 16.0. The lowest BCUT2D eigenvalue weighted by Gasteiger charge is -2.22. The van der Waals surface area contributed by atoms with E-state index in [2.05, 4.69) is 31.5 Å². The first kappa shape index (κ1) is 21.8. The van der Waals surface area contributed by atoms with Crippen molar-refractivity contribution in [1.29, 1.82) is 0 Å². The van der Waals surface area contributed by atoms with Crippen molar-refractivity contribution in [3.8, 4) is 5.82 Å². The molecule has 0 radical (unpaired) electrons. The van der Waals surface area contributed by atoms with Gasteiger partial charge in [-0.2, -0.15) is 9.78 Å². The zero-order chi connectivity index (χ0) is 22.9. The summed E-state index contributed by atoms with van der Waals surface area (Å²) in [6.45, 7) is 4.09. The van der Waals surface area contributed by atoms with Crippen LogP contribution in [0.4, 0.5) is 0 Å². The lowest BCUT2D eigenvalue weighted by atomic mass is 9.88. The minimum absolute atomic E-state index is 0.128. The van der Waals surface area contributed by atoms with Gasteiger partial charge in [-0.3, -0.25) is 4.79 Å². The summed E-state index contributed by atoms with van der Waals surface area (Å²) in [6, 6.07) is 13.6. The quantitative estimate of drug-likeness (QED) is 0.326. The number of fused-ring (bicyclic) bond motifs is 1. The molecule has 3 aromatic heterocycles. The van der Waals surface area contributed by atoms with Crippen molar-refractivity contribution < 1.29 is 0 Å². The second-order valence-corrected chi connectivity index (χ2v) is 9.59. The summed E-state index contributed by atoms with van der Waals surface area (Å²) >= 11 is 3.48. The van der Waals surface area contributed by atoms with Gasteiger partial charge in [0.15, 0.2) is 0 Å². The predicted molar refractivity (Wildman–Crippen MR) is 136 cm³/mol. The van der Waals surface area contributed by atoms with Gasteiger partial charge in [0.2, 0.25) is 0 Å². The van der Waals surface area contributed by atoms with Crippen molar-refractivity contribution >= 4 is 33.0 Å². The third-order valence-corrected chi connectivity index (χ3v) is 6.96. The molecule has 0 unspecified atom stereocenters. The highest BCUT2D eigenvalue weighted by atomic mass is 79.9. The van der Waals surface area contributed by atoms with Gasteiger partial charge in [-0.15, -0.1) is 0 Å². The zero-order valence-electron chi connectivity index (χ0n) is 18.8. The fourth-order valence-corrected chi connectivity index (χ4v) is 5.14. The molecule has 1 saturated carbocycles. The van der Waals surface area contributed by atoms with Gasteiger partial charge >= 0.3 is 0 Å². The molecular weight excluding hydrogens is 478 g/mol. The molecule has 0 bridgehead atoms. The average molecular weight is 504 g/mol. The van der Waals surface area contributed by atoms with Crippen LogP contribution in [-0.4, -0.2) is 25.4 Å². The monoisotopic (exact) mass is 503 g/mol. The van der Waals surface area contributed by atoms with E-state index in [1.54, 1.807) is 12.4 Å². The van der Waals surface area contributed by atoms with E-state index in [1.807, 2.05) is 50.2 Å². The molecule has 0 aliphatic heterocycles. The van der Waals surface area contributed by atoms with Crippen molar-refractivity contribution in [2.45, 2.75) is 51.9 Å². The predicted octanol–water partition coefficient (Wildman–Crippen LogP) is 5.89. The van der Waals surface area contributed by atoms with Crippen LogP contribution in [0.2, 0.25) is 0 Å². The van der Waals surface area contributed by atoms with Crippen LogP contribution >= 0.6 is 15.9 Å². The lowest BCUT2D eigenvalue weighted by molar-refractivity contribution is 0.416. The Morgan fingerprint density at radius 2 is 1.91 bits per heavy atom. The maximum Gasteiger partial charge on any atom is 0.282 e. The van der Waals surface area contributed by atoms with Crippen molar-refractivity contribution in [2.24, 2.45) is 5.10 Å². The highest BCUT2D eigenvalue weighted by Crippen LogP contribution is 2.32. The number of nitrogens with zero attached hydrogens (tertiary/aromatic N) is 5. The molecule has 5 rings (SSSR count).